The highest BCUT2D eigenvalue weighted by atomic mass is 13.9. The molecule has 0 aliphatic heterocycles. The summed E-state index contributed by atoms with van der Waals surface area (Å²) in [5.74, 6) is 0. The standard InChI is InChI=1S/C12H16/c1-3-4-5-6-12-9-7-11(2)8-10-12/h5-10H,3-4H2,1-2H3. The fourth-order valence-electron chi connectivity index (χ4n) is 1.06. The summed E-state index contributed by atoms with van der Waals surface area (Å²) in [5.41, 5.74) is 2.62. The molecule has 64 valence electrons. The predicted octanol–water partition coefficient (Wildman–Crippen LogP) is 3.81. The Hall–Kier alpha value is -1.04. The molecule has 1 aromatic carbocycles. The molecule has 0 aromatic heterocycles. The Morgan fingerprint density at radius 2 is 1.83 bits per heavy atom. The van der Waals surface area contributed by atoms with E-state index in [2.05, 4.69) is 50.3 Å². The highest BCUT2D eigenvalue weighted by Gasteiger charge is 1.84. The molecular formula is C12H16. The minimum Gasteiger partial charge on any atom is -0.0840 e. The first kappa shape index (κ1) is 9.05. The molecule has 0 atom stereocenters. The first-order valence-corrected chi connectivity index (χ1v) is 4.56. The van der Waals surface area contributed by atoms with Crippen molar-refractivity contribution in [2.24, 2.45) is 0 Å². The van der Waals surface area contributed by atoms with Crippen molar-refractivity contribution >= 4 is 6.08 Å². The summed E-state index contributed by atoms with van der Waals surface area (Å²) in [6.07, 6.45) is 6.81. The molecule has 0 aliphatic carbocycles. The molecule has 0 aliphatic rings. The van der Waals surface area contributed by atoms with Crippen LogP contribution in [0.3, 0.4) is 0 Å². The van der Waals surface area contributed by atoms with Gasteiger partial charge >= 0.3 is 0 Å². The lowest BCUT2D eigenvalue weighted by Gasteiger charge is -1.93. The van der Waals surface area contributed by atoms with Crippen LogP contribution in [0.15, 0.2) is 30.3 Å². The van der Waals surface area contributed by atoms with E-state index in [4.69, 9.17) is 0 Å². The summed E-state index contributed by atoms with van der Waals surface area (Å²) in [6.45, 7) is 4.30. The molecule has 0 heterocycles. The molecule has 0 bridgehead atoms. The number of hydrogen-bond donors (Lipinski definition) is 0. The SMILES string of the molecule is CCCC=Cc1ccc(C)cc1. The fraction of sp³-hybridized carbons (Fsp3) is 0.333. The van der Waals surface area contributed by atoms with Gasteiger partial charge in [-0.25, -0.2) is 0 Å². The van der Waals surface area contributed by atoms with Gasteiger partial charge in [0, 0.05) is 0 Å². The van der Waals surface area contributed by atoms with Crippen molar-refractivity contribution in [3.05, 3.63) is 41.5 Å². The van der Waals surface area contributed by atoms with Gasteiger partial charge in [0.1, 0.15) is 0 Å². The number of unbranched alkanes of at least 4 members (excludes halogenated alkanes) is 1. The van der Waals surface area contributed by atoms with Gasteiger partial charge in [0.05, 0.1) is 0 Å². The zero-order valence-electron chi connectivity index (χ0n) is 7.88. The highest BCUT2D eigenvalue weighted by molar-refractivity contribution is 5.49. The Bertz CT molecular complexity index is 241. The van der Waals surface area contributed by atoms with Crippen LogP contribution >= 0.6 is 0 Å². The lowest BCUT2D eigenvalue weighted by atomic mass is 10.1. The third kappa shape index (κ3) is 2.91. The summed E-state index contributed by atoms with van der Waals surface area (Å²) in [5, 5.41) is 0. The molecule has 0 saturated heterocycles. The number of allylic oxidation sites excluding steroid dienone is 1. The van der Waals surface area contributed by atoms with Crippen LogP contribution in [0.25, 0.3) is 6.08 Å². The summed E-state index contributed by atoms with van der Waals surface area (Å²) >= 11 is 0. The van der Waals surface area contributed by atoms with E-state index in [1.54, 1.807) is 0 Å². The maximum absolute atomic E-state index is 2.23. The molecule has 1 rings (SSSR count). The van der Waals surface area contributed by atoms with Gasteiger partial charge < -0.3 is 0 Å². The summed E-state index contributed by atoms with van der Waals surface area (Å²) < 4.78 is 0. The molecule has 12 heavy (non-hydrogen) atoms. The van der Waals surface area contributed by atoms with Crippen LogP contribution in [0.1, 0.15) is 30.9 Å². The predicted molar refractivity (Wildman–Crippen MR) is 55.1 cm³/mol. The van der Waals surface area contributed by atoms with E-state index in [1.807, 2.05) is 0 Å². The van der Waals surface area contributed by atoms with Crippen molar-refractivity contribution < 1.29 is 0 Å². The summed E-state index contributed by atoms with van der Waals surface area (Å²) in [6, 6.07) is 8.60. The van der Waals surface area contributed by atoms with Gasteiger partial charge in [-0.2, -0.15) is 0 Å². The van der Waals surface area contributed by atoms with Gasteiger partial charge in [-0.15, -0.1) is 0 Å². The second-order valence-corrected chi connectivity index (χ2v) is 3.10. The van der Waals surface area contributed by atoms with Gasteiger partial charge in [-0.05, 0) is 18.9 Å². The van der Waals surface area contributed by atoms with Crippen molar-refractivity contribution in [3.8, 4) is 0 Å². The topological polar surface area (TPSA) is 0 Å². The Balaban J connectivity index is 2.58. The van der Waals surface area contributed by atoms with Crippen LogP contribution < -0.4 is 0 Å². The number of hydrogen-bond acceptors (Lipinski definition) is 0. The van der Waals surface area contributed by atoms with E-state index in [0.29, 0.717) is 0 Å². The zero-order chi connectivity index (χ0) is 8.81. The minimum absolute atomic E-state index is 1.17. The monoisotopic (exact) mass is 160 g/mol. The first-order chi connectivity index (χ1) is 5.83. The van der Waals surface area contributed by atoms with Crippen LogP contribution in [-0.4, -0.2) is 0 Å². The lowest BCUT2D eigenvalue weighted by Crippen LogP contribution is -1.73. The largest absolute Gasteiger partial charge is 0.0840 e. The third-order valence-corrected chi connectivity index (χ3v) is 1.84. The Labute approximate surface area is 74.9 Å². The summed E-state index contributed by atoms with van der Waals surface area (Å²) in [4.78, 5) is 0. The molecule has 0 spiro atoms. The van der Waals surface area contributed by atoms with Gasteiger partial charge in [-0.1, -0.05) is 55.3 Å². The van der Waals surface area contributed by atoms with E-state index >= 15 is 0 Å². The molecule has 0 nitrogen and oxygen atoms in total. The molecule has 0 N–H and O–H groups in total. The molecule has 0 radical (unpaired) electrons. The minimum atomic E-state index is 1.17. The molecule has 0 saturated carbocycles. The quantitative estimate of drug-likeness (QED) is 0.630. The van der Waals surface area contributed by atoms with Crippen molar-refractivity contribution in [1.29, 1.82) is 0 Å². The van der Waals surface area contributed by atoms with Gasteiger partial charge in [0.15, 0.2) is 0 Å². The van der Waals surface area contributed by atoms with E-state index in [9.17, 15) is 0 Å². The molecule has 0 fully saturated rings. The van der Waals surface area contributed by atoms with E-state index in [-0.39, 0.29) is 0 Å². The normalized spacial score (nSPS) is 10.8. The molecule has 0 heteroatoms. The molecule has 0 unspecified atom stereocenters. The van der Waals surface area contributed by atoms with Crippen LogP contribution in [0.4, 0.5) is 0 Å². The van der Waals surface area contributed by atoms with E-state index in [0.717, 1.165) is 0 Å². The molecule has 0 amide bonds. The third-order valence-electron chi connectivity index (χ3n) is 1.84. The second-order valence-electron chi connectivity index (χ2n) is 3.10. The average Bonchev–Trinajstić information content (AvgIpc) is 2.09. The van der Waals surface area contributed by atoms with E-state index in [1.165, 1.54) is 24.0 Å². The molecular weight excluding hydrogens is 144 g/mol. The smallest absolute Gasteiger partial charge is 0.0260 e. The first-order valence-electron chi connectivity index (χ1n) is 4.56. The van der Waals surface area contributed by atoms with Gasteiger partial charge in [-0.3, -0.25) is 0 Å². The van der Waals surface area contributed by atoms with Crippen molar-refractivity contribution in [2.75, 3.05) is 0 Å². The molecule has 1 aromatic rings. The zero-order valence-corrected chi connectivity index (χ0v) is 7.88. The van der Waals surface area contributed by atoms with Gasteiger partial charge in [0.25, 0.3) is 0 Å². The summed E-state index contributed by atoms with van der Waals surface area (Å²) in [7, 11) is 0. The van der Waals surface area contributed by atoms with Crippen molar-refractivity contribution in [1.82, 2.24) is 0 Å². The lowest BCUT2D eigenvalue weighted by molar-refractivity contribution is 0.962. The highest BCUT2D eigenvalue weighted by Crippen LogP contribution is 2.05. The van der Waals surface area contributed by atoms with Crippen LogP contribution in [0, 0.1) is 6.92 Å². The number of rotatable bonds is 3. The van der Waals surface area contributed by atoms with E-state index < -0.39 is 0 Å². The van der Waals surface area contributed by atoms with Crippen LogP contribution in [-0.2, 0) is 0 Å². The van der Waals surface area contributed by atoms with Gasteiger partial charge in [0.2, 0.25) is 0 Å². The second kappa shape index (κ2) is 4.76. The Morgan fingerprint density at radius 3 is 2.42 bits per heavy atom. The maximum Gasteiger partial charge on any atom is -0.0260 e. The Morgan fingerprint density at radius 1 is 1.17 bits per heavy atom. The van der Waals surface area contributed by atoms with Crippen molar-refractivity contribution in [2.45, 2.75) is 26.7 Å². The number of aryl methyl sites for hydroxylation is 1. The van der Waals surface area contributed by atoms with Crippen LogP contribution in [0.2, 0.25) is 0 Å². The Kier molecular flexibility index (Phi) is 3.59. The number of benzene rings is 1. The van der Waals surface area contributed by atoms with Crippen LogP contribution in [0.5, 0.6) is 0 Å². The maximum atomic E-state index is 2.23. The average molecular weight is 160 g/mol. The fourth-order valence-corrected chi connectivity index (χ4v) is 1.06. The van der Waals surface area contributed by atoms with Crippen molar-refractivity contribution in [3.63, 3.8) is 0 Å².